The van der Waals surface area contributed by atoms with Crippen LogP contribution in [0.15, 0.2) is 0 Å². The van der Waals surface area contributed by atoms with Crippen LogP contribution in [0.1, 0.15) is 33.1 Å². The molecular formula is C10H20N2. The standard InChI is InChI=1S/C10H20N2/c1-9(2)12-7-3-4-10(12)5-6-11-8-10/h9,11H,3-8H2,1-2H3. The first-order valence-corrected chi connectivity index (χ1v) is 5.22. The van der Waals surface area contributed by atoms with Crippen LogP contribution in [0.2, 0.25) is 0 Å². The van der Waals surface area contributed by atoms with Crippen molar-refractivity contribution in [2.75, 3.05) is 19.6 Å². The van der Waals surface area contributed by atoms with Crippen LogP contribution in [0, 0.1) is 0 Å². The third-order valence-corrected chi connectivity index (χ3v) is 3.49. The van der Waals surface area contributed by atoms with Crippen LogP contribution < -0.4 is 5.32 Å². The zero-order chi connectivity index (χ0) is 8.60. The minimum absolute atomic E-state index is 0.550. The molecule has 70 valence electrons. The second-order valence-corrected chi connectivity index (χ2v) is 4.54. The first-order chi connectivity index (χ1) is 5.75. The van der Waals surface area contributed by atoms with Gasteiger partial charge in [0.15, 0.2) is 0 Å². The quantitative estimate of drug-likeness (QED) is 0.633. The Morgan fingerprint density at radius 1 is 1.33 bits per heavy atom. The zero-order valence-electron chi connectivity index (χ0n) is 8.27. The average molecular weight is 168 g/mol. The summed E-state index contributed by atoms with van der Waals surface area (Å²) in [6.45, 7) is 8.42. The van der Waals surface area contributed by atoms with Crippen LogP contribution in [-0.4, -0.2) is 36.1 Å². The highest BCUT2D eigenvalue weighted by atomic mass is 15.3. The third-order valence-electron chi connectivity index (χ3n) is 3.49. The first kappa shape index (κ1) is 8.52. The van der Waals surface area contributed by atoms with E-state index in [1.807, 2.05) is 0 Å². The van der Waals surface area contributed by atoms with Gasteiger partial charge in [-0.15, -0.1) is 0 Å². The molecule has 0 aliphatic carbocycles. The summed E-state index contributed by atoms with van der Waals surface area (Å²) in [5, 5.41) is 3.50. The monoisotopic (exact) mass is 168 g/mol. The van der Waals surface area contributed by atoms with Crippen LogP contribution >= 0.6 is 0 Å². The molecule has 2 heterocycles. The number of nitrogens with one attached hydrogen (secondary N) is 1. The predicted octanol–water partition coefficient (Wildman–Crippen LogP) is 1.22. The highest BCUT2D eigenvalue weighted by Crippen LogP contribution is 2.35. The maximum absolute atomic E-state index is 3.50. The van der Waals surface area contributed by atoms with Crippen LogP contribution in [0.3, 0.4) is 0 Å². The Labute approximate surface area is 75.3 Å². The zero-order valence-corrected chi connectivity index (χ0v) is 8.27. The molecule has 1 spiro atoms. The Morgan fingerprint density at radius 2 is 2.17 bits per heavy atom. The topological polar surface area (TPSA) is 15.3 Å². The second kappa shape index (κ2) is 3.00. The van der Waals surface area contributed by atoms with E-state index in [9.17, 15) is 0 Å². The molecule has 0 aromatic rings. The first-order valence-electron chi connectivity index (χ1n) is 5.22. The van der Waals surface area contributed by atoms with E-state index in [1.165, 1.54) is 38.9 Å². The fourth-order valence-electron chi connectivity index (χ4n) is 2.95. The largest absolute Gasteiger partial charge is 0.315 e. The van der Waals surface area contributed by atoms with Crippen molar-refractivity contribution in [1.82, 2.24) is 10.2 Å². The second-order valence-electron chi connectivity index (χ2n) is 4.54. The van der Waals surface area contributed by atoms with E-state index in [4.69, 9.17) is 0 Å². The number of nitrogens with zero attached hydrogens (tertiary/aromatic N) is 1. The molecule has 2 fully saturated rings. The van der Waals surface area contributed by atoms with E-state index < -0.39 is 0 Å². The van der Waals surface area contributed by atoms with Gasteiger partial charge in [-0.25, -0.2) is 0 Å². The summed E-state index contributed by atoms with van der Waals surface area (Å²) < 4.78 is 0. The smallest absolute Gasteiger partial charge is 0.0349 e. The van der Waals surface area contributed by atoms with Crippen molar-refractivity contribution in [3.63, 3.8) is 0 Å². The van der Waals surface area contributed by atoms with E-state index in [2.05, 4.69) is 24.1 Å². The lowest BCUT2D eigenvalue weighted by Crippen LogP contribution is -2.48. The maximum atomic E-state index is 3.50. The molecule has 0 aromatic carbocycles. The molecule has 2 heteroatoms. The van der Waals surface area contributed by atoms with E-state index in [0.29, 0.717) is 5.54 Å². The molecule has 2 saturated heterocycles. The van der Waals surface area contributed by atoms with Gasteiger partial charge in [0.2, 0.25) is 0 Å². The van der Waals surface area contributed by atoms with Crippen molar-refractivity contribution in [3.05, 3.63) is 0 Å². The molecule has 2 nitrogen and oxygen atoms in total. The lowest BCUT2D eigenvalue weighted by atomic mass is 9.94. The van der Waals surface area contributed by atoms with Crippen molar-refractivity contribution in [2.24, 2.45) is 0 Å². The Balaban J connectivity index is 2.12. The molecule has 2 aliphatic rings. The Bertz CT molecular complexity index is 154. The summed E-state index contributed by atoms with van der Waals surface area (Å²) in [6, 6.07) is 0.729. The van der Waals surface area contributed by atoms with Gasteiger partial charge in [-0.2, -0.15) is 0 Å². The number of rotatable bonds is 1. The van der Waals surface area contributed by atoms with Crippen molar-refractivity contribution in [3.8, 4) is 0 Å². The summed E-state index contributed by atoms with van der Waals surface area (Å²) in [5.41, 5.74) is 0.550. The molecule has 2 rings (SSSR count). The highest BCUT2D eigenvalue weighted by Gasteiger charge is 2.43. The van der Waals surface area contributed by atoms with Gasteiger partial charge < -0.3 is 5.32 Å². The Kier molecular flexibility index (Phi) is 2.13. The summed E-state index contributed by atoms with van der Waals surface area (Å²) in [6.07, 6.45) is 4.18. The maximum Gasteiger partial charge on any atom is 0.0349 e. The van der Waals surface area contributed by atoms with Crippen molar-refractivity contribution < 1.29 is 0 Å². The minimum atomic E-state index is 0.550. The summed E-state index contributed by atoms with van der Waals surface area (Å²) in [4.78, 5) is 2.70. The number of likely N-dealkylation sites (tertiary alicyclic amines) is 1. The minimum Gasteiger partial charge on any atom is -0.315 e. The molecule has 1 N–H and O–H groups in total. The normalized spacial score (nSPS) is 37.2. The Morgan fingerprint density at radius 3 is 2.75 bits per heavy atom. The lowest BCUT2D eigenvalue weighted by molar-refractivity contribution is 0.119. The molecular weight excluding hydrogens is 148 g/mol. The molecule has 1 unspecified atom stereocenters. The van der Waals surface area contributed by atoms with Crippen LogP contribution in [0.4, 0.5) is 0 Å². The molecule has 12 heavy (non-hydrogen) atoms. The molecule has 0 amide bonds. The van der Waals surface area contributed by atoms with Gasteiger partial charge in [-0.1, -0.05) is 0 Å². The molecule has 1 atom stereocenters. The van der Waals surface area contributed by atoms with Gasteiger partial charge in [-0.3, -0.25) is 4.90 Å². The fourth-order valence-corrected chi connectivity index (χ4v) is 2.95. The van der Waals surface area contributed by atoms with Crippen molar-refractivity contribution in [1.29, 1.82) is 0 Å². The Hall–Kier alpha value is -0.0800. The molecule has 0 bridgehead atoms. The van der Waals surface area contributed by atoms with Gasteiger partial charge >= 0.3 is 0 Å². The molecule has 0 saturated carbocycles. The third kappa shape index (κ3) is 1.17. The van der Waals surface area contributed by atoms with Crippen molar-refractivity contribution >= 4 is 0 Å². The van der Waals surface area contributed by atoms with Gasteiger partial charge in [0.25, 0.3) is 0 Å². The van der Waals surface area contributed by atoms with E-state index in [-0.39, 0.29) is 0 Å². The van der Waals surface area contributed by atoms with Crippen LogP contribution in [-0.2, 0) is 0 Å². The molecule has 0 radical (unpaired) electrons. The van der Waals surface area contributed by atoms with Gasteiger partial charge in [0, 0.05) is 18.1 Å². The van der Waals surface area contributed by atoms with E-state index >= 15 is 0 Å². The summed E-state index contributed by atoms with van der Waals surface area (Å²) in [5.74, 6) is 0. The van der Waals surface area contributed by atoms with Crippen molar-refractivity contribution in [2.45, 2.75) is 44.7 Å². The summed E-state index contributed by atoms with van der Waals surface area (Å²) in [7, 11) is 0. The average Bonchev–Trinajstić information content (AvgIpc) is 2.61. The van der Waals surface area contributed by atoms with Gasteiger partial charge in [-0.05, 0) is 46.2 Å². The number of hydrogen-bond acceptors (Lipinski definition) is 2. The summed E-state index contributed by atoms with van der Waals surface area (Å²) >= 11 is 0. The lowest BCUT2D eigenvalue weighted by Gasteiger charge is -2.37. The van der Waals surface area contributed by atoms with E-state index in [1.54, 1.807) is 0 Å². The molecule has 2 aliphatic heterocycles. The van der Waals surface area contributed by atoms with E-state index in [0.717, 1.165) is 6.04 Å². The fraction of sp³-hybridized carbons (Fsp3) is 1.00. The predicted molar refractivity (Wildman–Crippen MR) is 51.3 cm³/mol. The SMILES string of the molecule is CC(C)N1CCCC12CCNC2. The van der Waals surface area contributed by atoms with Gasteiger partial charge in [0.05, 0.1) is 0 Å². The highest BCUT2D eigenvalue weighted by molar-refractivity contribution is 5.02. The number of hydrogen-bond donors (Lipinski definition) is 1. The van der Waals surface area contributed by atoms with Gasteiger partial charge in [0.1, 0.15) is 0 Å². The van der Waals surface area contributed by atoms with Crippen LogP contribution in [0.5, 0.6) is 0 Å². The molecule has 0 aromatic heterocycles. The van der Waals surface area contributed by atoms with Crippen LogP contribution in [0.25, 0.3) is 0 Å².